The van der Waals surface area contributed by atoms with Crippen molar-refractivity contribution in [1.82, 2.24) is 4.90 Å². The molecule has 0 unspecified atom stereocenters. The van der Waals surface area contributed by atoms with E-state index < -0.39 is 5.60 Å². The molecule has 1 saturated heterocycles. The molecule has 0 aromatic carbocycles. The molecule has 0 saturated carbocycles. The van der Waals surface area contributed by atoms with E-state index in [4.69, 9.17) is 22.1 Å². The zero-order valence-corrected chi connectivity index (χ0v) is 10.8. The van der Waals surface area contributed by atoms with Crippen molar-refractivity contribution in [3.63, 3.8) is 0 Å². The first kappa shape index (κ1) is 13.2. The highest BCUT2D eigenvalue weighted by Gasteiger charge is 2.25. The Hall–Kier alpha value is -0.900. The summed E-state index contributed by atoms with van der Waals surface area (Å²) in [7, 11) is 0. The topological polar surface area (TPSA) is 55.6 Å². The number of carbonyl (C=O) groups excluding carboxylic acids is 1. The lowest BCUT2D eigenvalue weighted by atomic mass is 10.1. The molecule has 0 spiro atoms. The summed E-state index contributed by atoms with van der Waals surface area (Å²) in [5, 5.41) is 0.365. The molecule has 92 valence electrons. The summed E-state index contributed by atoms with van der Waals surface area (Å²) < 4.78 is 5.28. The monoisotopic (exact) mass is 246 g/mol. The molecule has 0 radical (unpaired) electrons. The van der Waals surface area contributed by atoms with Crippen LogP contribution >= 0.6 is 11.6 Å². The van der Waals surface area contributed by atoms with Crippen molar-refractivity contribution in [1.29, 1.82) is 0 Å². The van der Waals surface area contributed by atoms with Gasteiger partial charge in [0.2, 0.25) is 0 Å². The molecule has 16 heavy (non-hydrogen) atoms. The largest absolute Gasteiger partial charge is 0.444 e. The fourth-order valence-corrected chi connectivity index (χ4v) is 1.71. The SMILES string of the molecule is CC(C)(C)OC(=O)N1CCC(=C(N)Cl)CC1. The van der Waals surface area contributed by atoms with Gasteiger partial charge in [0.05, 0.1) is 5.16 Å². The van der Waals surface area contributed by atoms with Gasteiger partial charge in [0, 0.05) is 13.1 Å². The highest BCUT2D eigenvalue weighted by atomic mass is 35.5. The second-order valence-corrected chi connectivity index (χ2v) is 5.33. The van der Waals surface area contributed by atoms with Gasteiger partial charge in [-0.15, -0.1) is 0 Å². The van der Waals surface area contributed by atoms with Gasteiger partial charge in [-0.25, -0.2) is 4.79 Å². The number of nitrogens with two attached hydrogens (primary N) is 1. The summed E-state index contributed by atoms with van der Waals surface area (Å²) in [6.45, 7) is 6.82. The number of hydrogen-bond acceptors (Lipinski definition) is 3. The van der Waals surface area contributed by atoms with Crippen molar-refractivity contribution >= 4 is 17.7 Å². The molecular weight excluding hydrogens is 228 g/mol. The van der Waals surface area contributed by atoms with Crippen molar-refractivity contribution < 1.29 is 9.53 Å². The number of likely N-dealkylation sites (tertiary alicyclic amines) is 1. The minimum Gasteiger partial charge on any atom is -0.444 e. The molecule has 0 atom stereocenters. The third kappa shape index (κ3) is 3.93. The zero-order chi connectivity index (χ0) is 12.3. The van der Waals surface area contributed by atoms with Crippen LogP contribution in [0.25, 0.3) is 0 Å². The minimum absolute atomic E-state index is 0.264. The molecule has 2 N–H and O–H groups in total. The van der Waals surface area contributed by atoms with Crippen LogP contribution < -0.4 is 5.73 Å². The van der Waals surface area contributed by atoms with Crippen molar-refractivity contribution in [2.75, 3.05) is 13.1 Å². The number of rotatable bonds is 0. The summed E-state index contributed by atoms with van der Waals surface area (Å²) >= 11 is 5.71. The average Bonchev–Trinajstić information content (AvgIpc) is 2.15. The van der Waals surface area contributed by atoms with Crippen LogP contribution in [0.15, 0.2) is 10.7 Å². The van der Waals surface area contributed by atoms with Crippen LogP contribution in [0.5, 0.6) is 0 Å². The van der Waals surface area contributed by atoms with Gasteiger partial charge in [0.15, 0.2) is 0 Å². The summed E-state index contributed by atoms with van der Waals surface area (Å²) in [4.78, 5) is 13.4. The van der Waals surface area contributed by atoms with E-state index in [1.807, 2.05) is 20.8 Å². The van der Waals surface area contributed by atoms with Crippen LogP contribution in [0.2, 0.25) is 0 Å². The molecule has 1 rings (SSSR count). The van der Waals surface area contributed by atoms with E-state index in [1.165, 1.54) is 0 Å². The first-order valence-electron chi connectivity index (χ1n) is 5.40. The Morgan fingerprint density at radius 1 is 1.38 bits per heavy atom. The molecule has 4 nitrogen and oxygen atoms in total. The van der Waals surface area contributed by atoms with E-state index in [0.29, 0.717) is 18.2 Å². The van der Waals surface area contributed by atoms with Crippen LogP contribution in [0.3, 0.4) is 0 Å². The maximum Gasteiger partial charge on any atom is 0.410 e. The van der Waals surface area contributed by atoms with E-state index in [1.54, 1.807) is 4.90 Å². The molecule has 0 aliphatic carbocycles. The first-order valence-corrected chi connectivity index (χ1v) is 5.78. The fourth-order valence-electron chi connectivity index (χ4n) is 1.52. The molecule has 0 bridgehead atoms. The molecule has 0 aromatic heterocycles. The highest BCUT2D eigenvalue weighted by Crippen LogP contribution is 2.21. The maximum atomic E-state index is 11.7. The third-order valence-corrected chi connectivity index (χ3v) is 2.62. The number of hydrogen-bond donors (Lipinski definition) is 1. The Bertz CT molecular complexity index is 294. The number of halogens is 1. The quantitative estimate of drug-likeness (QED) is 0.668. The van der Waals surface area contributed by atoms with Crippen LogP contribution in [0.4, 0.5) is 4.79 Å². The summed E-state index contributed by atoms with van der Waals surface area (Å²) in [5.41, 5.74) is 6.08. The normalized spacial score (nSPS) is 17.2. The smallest absolute Gasteiger partial charge is 0.410 e. The molecule has 1 amide bonds. The summed E-state index contributed by atoms with van der Waals surface area (Å²) in [6.07, 6.45) is 1.20. The fraction of sp³-hybridized carbons (Fsp3) is 0.727. The van der Waals surface area contributed by atoms with E-state index in [2.05, 4.69) is 0 Å². The Kier molecular flexibility index (Phi) is 4.08. The number of piperidine rings is 1. The molecule has 1 aliphatic heterocycles. The number of carbonyl (C=O) groups is 1. The van der Waals surface area contributed by atoms with Crippen molar-refractivity contribution in [2.24, 2.45) is 5.73 Å². The van der Waals surface area contributed by atoms with Gasteiger partial charge in [-0.05, 0) is 39.2 Å². The summed E-state index contributed by atoms with van der Waals surface area (Å²) in [6, 6.07) is 0. The lowest BCUT2D eigenvalue weighted by Crippen LogP contribution is -2.40. The van der Waals surface area contributed by atoms with Gasteiger partial charge in [-0.1, -0.05) is 11.6 Å². The highest BCUT2D eigenvalue weighted by molar-refractivity contribution is 6.29. The van der Waals surface area contributed by atoms with Gasteiger partial charge in [0.25, 0.3) is 0 Å². The predicted octanol–water partition coefficient (Wildman–Crippen LogP) is 2.43. The molecule has 1 heterocycles. The number of amides is 1. The van der Waals surface area contributed by atoms with Crippen molar-refractivity contribution in [3.8, 4) is 0 Å². The Morgan fingerprint density at radius 3 is 2.25 bits per heavy atom. The molecule has 1 aliphatic rings. The van der Waals surface area contributed by atoms with E-state index in [0.717, 1.165) is 18.4 Å². The van der Waals surface area contributed by atoms with Gasteiger partial charge in [-0.2, -0.15) is 0 Å². The van der Waals surface area contributed by atoms with Gasteiger partial charge in [0.1, 0.15) is 5.60 Å². The average molecular weight is 247 g/mol. The van der Waals surface area contributed by atoms with Crippen LogP contribution in [0, 0.1) is 0 Å². The lowest BCUT2D eigenvalue weighted by molar-refractivity contribution is 0.0236. The minimum atomic E-state index is -0.446. The number of ether oxygens (including phenoxy) is 1. The lowest BCUT2D eigenvalue weighted by Gasteiger charge is -2.31. The number of nitrogens with zero attached hydrogens (tertiary/aromatic N) is 1. The Morgan fingerprint density at radius 2 is 1.88 bits per heavy atom. The van der Waals surface area contributed by atoms with E-state index in [-0.39, 0.29) is 6.09 Å². The third-order valence-electron chi connectivity index (χ3n) is 2.36. The second-order valence-electron chi connectivity index (χ2n) is 4.92. The molecule has 5 heteroatoms. The van der Waals surface area contributed by atoms with E-state index in [9.17, 15) is 4.79 Å². The van der Waals surface area contributed by atoms with E-state index >= 15 is 0 Å². The Labute approximate surface area is 101 Å². The van der Waals surface area contributed by atoms with Crippen molar-refractivity contribution in [2.45, 2.75) is 39.2 Å². The predicted molar refractivity (Wildman–Crippen MR) is 64.1 cm³/mol. The molecule has 0 aromatic rings. The molecule has 1 fully saturated rings. The summed E-state index contributed by atoms with van der Waals surface area (Å²) in [5.74, 6) is 0. The molecular formula is C11H19ClN2O2. The first-order chi connectivity index (χ1) is 7.29. The van der Waals surface area contributed by atoms with Gasteiger partial charge in [-0.3, -0.25) is 0 Å². The zero-order valence-electron chi connectivity index (χ0n) is 10.0. The van der Waals surface area contributed by atoms with Gasteiger partial charge >= 0.3 is 6.09 Å². The Balaban J connectivity index is 2.49. The standard InChI is InChI=1S/C11H19ClN2O2/c1-11(2,3)16-10(15)14-6-4-8(5-7-14)9(12)13/h4-7,13H2,1-3H3. The van der Waals surface area contributed by atoms with Gasteiger partial charge < -0.3 is 15.4 Å². The van der Waals surface area contributed by atoms with Crippen LogP contribution in [-0.2, 0) is 4.74 Å². The second kappa shape index (κ2) is 4.95. The maximum absolute atomic E-state index is 11.7. The van der Waals surface area contributed by atoms with Crippen molar-refractivity contribution in [3.05, 3.63) is 10.7 Å². The van der Waals surface area contributed by atoms with Crippen LogP contribution in [0.1, 0.15) is 33.6 Å². The van der Waals surface area contributed by atoms with Crippen LogP contribution in [-0.4, -0.2) is 29.7 Å².